The molecule has 3 aliphatic carbocycles. The molecule has 0 radical (unpaired) electrons. The molecule has 194 valence electrons. The van der Waals surface area contributed by atoms with Crippen LogP contribution < -0.4 is 5.73 Å². The molecule has 4 rings (SSSR count). The highest BCUT2D eigenvalue weighted by Crippen LogP contribution is 2.52. The normalized spacial score (nSPS) is 27.9. The molecule has 0 spiro atoms. The standard InChI is InChI=1S/C25H31N3O8/c1-5-36-28(4)10-11-6-7-15(29)17-13(11)8-12-9-14-19(27(2)3)21(31)18(24(26)34)23(33)25(14,35)22(32)16(12)20(17)30/h6-7,12,14,19,29-30,33,35H,5,8-10H2,1-4H3,(H2,26,34)/t12?,14?,19-,25-/m0/s1. The molecule has 1 amide bonds. The zero-order valence-corrected chi connectivity index (χ0v) is 20.6. The van der Waals surface area contributed by atoms with Gasteiger partial charge in [-0.2, -0.15) is 5.06 Å². The minimum atomic E-state index is -2.65. The minimum Gasteiger partial charge on any atom is -0.508 e. The van der Waals surface area contributed by atoms with Gasteiger partial charge in [0, 0.05) is 25.1 Å². The lowest BCUT2D eigenvalue weighted by molar-refractivity contribution is -0.153. The van der Waals surface area contributed by atoms with Crippen molar-refractivity contribution in [1.29, 1.82) is 0 Å². The first kappa shape index (κ1) is 25.8. The predicted octanol–water partition coefficient (Wildman–Crippen LogP) is 0.347. The molecule has 4 atom stereocenters. The number of hydrogen-bond donors (Lipinski definition) is 5. The number of carbonyl (C=O) groups is 3. The number of aliphatic hydroxyl groups excluding tert-OH is 2. The largest absolute Gasteiger partial charge is 0.508 e. The SMILES string of the molecule is CCON(C)Cc1ccc(O)c2c1CC1CC3[C@H](N(C)C)C(=O)C(C(N)=O)=C(O)[C@@]3(O)C(=O)C1=C2O. The summed E-state index contributed by atoms with van der Waals surface area (Å²) < 4.78 is 0. The number of benzene rings is 1. The summed E-state index contributed by atoms with van der Waals surface area (Å²) >= 11 is 0. The fourth-order valence-corrected chi connectivity index (χ4v) is 5.96. The monoisotopic (exact) mass is 501 g/mol. The van der Waals surface area contributed by atoms with Crippen LogP contribution in [-0.4, -0.2) is 87.3 Å². The molecular weight excluding hydrogens is 470 g/mol. The Morgan fingerprint density at radius 1 is 1.19 bits per heavy atom. The Bertz CT molecular complexity index is 1220. The lowest BCUT2D eigenvalue weighted by Gasteiger charge is -2.50. The molecule has 3 aliphatic rings. The Kier molecular flexibility index (Phi) is 6.46. The van der Waals surface area contributed by atoms with Crippen LogP contribution in [0.15, 0.2) is 29.0 Å². The third kappa shape index (κ3) is 3.62. The number of phenols is 1. The van der Waals surface area contributed by atoms with Crippen LogP contribution in [0.4, 0.5) is 0 Å². The van der Waals surface area contributed by atoms with Gasteiger partial charge in [0.05, 0.1) is 18.2 Å². The van der Waals surface area contributed by atoms with Gasteiger partial charge in [0.2, 0.25) is 5.78 Å². The van der Waals surface area contributed by atoms with E-state index in [1.165, 1.54) is 11.0 Å². The van der Waals surface area contributed by atoms with Crippen molar-refractivity contribution in [3.8, 4) is 5.75 Å². The Hall–Kier alpha value is -3.25. The van der Waals surface area contributed by atoms with Crippen molar-refractivity contribution < 1.29 is 39.6 Å². The van der Waals surface area contributed by atoms with Gasteiger partial charge in [-0.25, -0.2) is 0 Å². The predicted molar refractivity (Wildman–Crippen MR) is 127 cm³/mol. The van der Waals surface area contributed by atoms with Crippen LogP contribution >= 0.6 is 0 Å². The van der Waals surface area contributed by atoms with E-state index in [4.69, 9.17) is 10.6 Å². The maximum atomic E-state index is 13.8. The van der Waals surface area contributed by atoms with E-state index in [2.05, 4.69) is 0 Å². The van der Waals surface area contributed by atoms with Crippen LogP contribution in [0.3, 0.4) is 0 Å². The Morgan fingerprint density at radius 2 is 1.86 bits per heavy atom. The molecule has 0 aliphatic heterocycles. The number of rotatable bonds is 6. The summed E-state index contributed by atoms with van der Waals surface area (Å²) in [7, 11) is 4.87. The molecule has 0 saturated heterocycles. The summed E-state index contributed by atoms with van der Waals surface area (Å²) in [6.07, 6.45) is 0.278. The number of hydroxylamine groups is 2. The Labute approximate surface area is 208 Å². The third-order valence-corrected chi connectivity index (χ3v) is 7.44. The molecule has 0 aromatic heterocycles. The summed E-state index contributed by atoms with van der Waals surface area (Å²) in [5, 5.41) is 45.9. The Balaban J connectivity index is 1.91. The summed E-state index contributed by atoms with van der Waals surface area (Å²) in [5.74, 6) is -6.66. The average Bonchev–Trinajstić information content (AvgIpc) is 2.78. The lowest BCUT2D eigenvalue weighted by atomic mass is 9.57. The summed E-state index contributed by atoms with van der Waals surface area (Å²) in [6, 6.07) is 2.00. The highest BCUT2D eigenvalue weighted by molar-refractivity contribution is 6.24. The van der Waals surface area contributed by atoms with Gasteiger partial charge in [-0.3, -0.25) is 24.1 Å². The van der Waals surface area contributed by atoms with E-state index in [1.807, 2.05) is 6.92 Å². The molecule has 1 fully saturated rings. The highest BCUT2D eigenvalue weighted by atomic mass is 16.7. The molecule has 1 aromatic rings. The highest BCUT2D eigenvalue weighted by Gasteiger charge is 2.64. The van der Waals surface area contributed by atoms with E-state index >= 15 is 0 Å². The zero-order chi connectivity index (χ0) is 26.7. The van der Waals surface area contributed by atoms with Gasteiger partial charge < -0.3 is 26.2 Å². The lowest BCUT2D eigenvalue weighted by Crippen LogP contribution is -2.65. The van der Waals surface area contributed by atoms with E-state index in [9.17, 15) is 34.8 Å². The number of likely N-dealkylation sites (N-methyl/N-ethyl adjacent to an activating group) is 1. The maximum Gasteiger partial charge on any atom is 0.255 e. The molecular formula is C25H31N3O8. The van der Waals surface area contributed by atoms with E-state index in [0.717, 1.165) is 5.56 Å². The number of aromatic hydroxyl groups is 1. The zero-order valence-electron chi connectivity index (χ0n) is 20.6. The van der Waals surface area contributed by atoms with Crippen LogP contribution in [-0.2, 0) is 32.2 Å². The number of ketones is 2. The second kappa shape index (κ2) is 9.00. The first-order valence-electron chi connectivity index (χ1n) is 11.7. The van der Waals surface area contributed by atoms with Gasteiger partial charge in [0.25, 0.3) is 5.91 Å². The summed E-state index contributed by atoms with van der Waals surface area (Å²) in [5.41, 5.74) is 3.12. The number of hydrogen-bond acceptors (Lipinski definition) is 10. The smallest absolute Gasteiger partial charge is 0.255 e. The van der Waals surface area contributed by atoms with E-state index in [0.29, 0.717) is 18.7 Å². The second-order valence-electron chi connectivity index (χ2n) is 9.76. The number of nitrogens with two attached hydrogens (primary N) is 1. The topological polar surface area (TPSA) is 174 Å². The molecule has 0 heterocycles. The van der Waals surface area contributed by atoms with E-state index in [-0.39, 0.29) is 29.7 Å². The summed E-state index contributed by atoms with van der Waals surface area (Å²) in [4.78, 5) is 45.9. The fourth-order valence-electron chi connectivity index (χ4n) is 5.96. The van der Waals surface area contributed by atoms with Crippen LogP contribution in [0.1, 0.15) is 30.0 Å². The van der Waals surface area contributed by atoms with Crippen LogP contribution in [0.2, 0.25) is 0 Å². The number of nitrogens with zero attached hydrogens (tertiary/aromatic N) is 2. The first-order valence-corrected chi connectivity index (χ1v) is 11.7. The van der Waals surface area contributed by atoms with Crippen molar-refractivity contribution >= 4 is 23.2 Å². The second-order valence-corrected chi connectivity index (χ2v) is 9.76. The van der Waals surface area contributed by atoms with Crippen molar-refractivity contribution in [2.45, 2.75) is 38.0 Å². The first-order chi connectivity index (χ1) is 16.9. The molecule has 1 saturated carbocycles. The van der Waals surface area contributed by atoms with Gasteiger partial charge in [-0.15, -0.1) is 0 Å². The van der Waals surface area contributed by atoms with Crippen LogP contribution in [0, 0.1) is 11.8 Å². The van der Waals surface area contributed by atoms with Crippen LogP contribution in [0.5, 0.6) is 5.75 Å². The average molecular weight is 502 g/mol. The van der Waals surface area contributed by atoms with Crippen LogP contribution in [0.25, 0.3) is 5.76 Å². The maximum absolute atomic E-state index is 13.8. The molecule has 36 heavy (non-hydrogen) atoms. The number of fused-ring (bicyclic) bond motifs is 3. The third-order valence-electron chi connectivity index (χ3n) is 7.44. The number of aliphatic hydroxyl groups is 3. The summed E-state index contributed by atoms with van der Waals surface area (Å²) in [6.45, 7) is 2.64. The fraction of sp³-hybridized carbons (Fsp3) is 0.480. The molecule has 2 unspecified atom stereocenters. The quantitative estimate of drug-likeness (QED) is 0.270. The van der Waals surface area contributed by atoms with Gasteiger partial charge in [-0.1, -0.05) is 6.07 Å². The van der Waals surface area contributed by atoms with Crippen molar-refractivity contribution in [2.75, 3.05) is 27.7 Å². The van der Waals surface area contributed by atoms with E-state index in [1.54, 1.807) is 32.3 Å². The number of phenolic OH excluding ortho intramolecular Hbond substituents is 1. The number of primary amides is 1. The number of amides is 1. The minimum absolute atomic E-state index is 0.0438. The van der Waals surface area contributed by atoms with Crippen molar-refractivity contribution in [2.24, 2.45) is 17.6 Å². The number of Topliss-reactive ketones (excluding diaryl/α,β-unsaturated/α-hetero) is 2. The number of carbonyl (C=O) groups excluding carboxylic acids is 3. The van der Waals surface area contributed by atoms with Gasteiger partial charge in [0.1, 0.15) is 22.8 Å². The molecule has 0 bridgehead atoms. The molecule has 11 nitrogen and oxygen atoms in total. The van der Waals surface area contributed by atoms with Crippen molar-refractivity contribution in [1.82, 2.24) is 9.96 Å². The van der Waals surface area contributed by atoms with Crippen molar-refractivity contribution in [3.05, 3.63) is 45.7 Å². The Morgan fingerprint density at radius 3 is 2.44 bits per heavy atom. The van der Waals surface area contributed by atoms with Gasteiger partial charge in [0.15, 0.2) is 11.4 Å². The molecule has 1 aromatic carbocycles. The van der Waals surface area contributed by atoms with Gasteiger partial charge >= 0.3 is 0 Å². The molecule has 6 N–H and O–H groups in total. The van der Waals surface area contributed by atoms with Crippen molar-refractivity contribution in [3.63, 3.8) is 0 Å². The van der Waals surface area contributed by atoms with Gasteiger partial charge in [-0.05, 0) is 57.0 Å². The molecule has 11 heteroatoms. The van der Waals surface area contributed by atoms with E-state index < -0.39 is 58.0 Å².